The zero-order valence-electron chi connectivity index (χ0n) is 9.82. The SMILES string of the molecule is CCCCOC(=O)c1cc2cc(N)ccc2[nH]1. The van der Waals surface area contributed by atoms with Gasteiger partial charge in [-0.15, -0.1) is 0 Å². The molecule has 4 nitrogen and oxygen atoms in total. The number of esters is 1. The van der Waals surface area contributed by atoms with Crippen LogP contribution in [0.1, 0.15) is 30.3 Å². The van der Waals surface area contributed by atoms with Gasteiger partial charge in [0, 0.05) is 16.6 Å². The fraction of sp³-hybridized carbons (Fsp3) is 0.308. The molecule has 0 aliphatic rings. The summed E-state index contributed by atoms with van der Waals surface area (Å²) >= 11 is 0. The highest BCUT2D eigenvalue weighted by Gasteiger charge is 2.10. The topological polar surface area (TPSA) is 68.1 Å². The number of benzene rings is 1. The van der Waals surface area contributed by atoms with Crippen molar-refractivity contribution in [3.8, 4) is 0 Å². The van der Waals surface area contributed by atoms with Crippen LogP contribution in [0.4, 0.5) is 5.69 Å². The molecule has 90 valence electrons. The molecule has 2 rings (SSSR count). The van der Waals surface area contributed by atoms with Gasteiger partial charge in [-0.05, 0) is 30.7 Å². The number of hydrogen-bond donors (Lipinski definition) is 2. The zero-order valence-corrected chi connectivity index (χ0v) is 9.82. The molecule has 0 amide bonds. The molecular weight excluding hydrogens is 216 g/mol. The number of nitrogens with one attached hydrogen (secondary N) is 1. The van der Waals surface area contributed by atoms with Crippen molar-refractivity contribution in [3.63, 3.8) is 0 Å². The van der Waals surface area contributed by atoms with Crippen molar-refractivity contribution in [2.24, 2.45) is 0 Å². The highest BCUT2D eigenvalue weighted by Crippen LogP contribution is 2.18. The number of ether oxygens (including phenoxy) is 1. The number of carbonyl (C=O) groups is 1. The number of anilines is 1. The lowest BCUT2D eigenvalue weighted by atomic mass is 10.2. The van der Waals surface area contributed by atoms with Crippen molar-refractivity contribution < 1.29 is 9.53 Å². The Morgan fingerprint density at radius 1 is 1.41 bits per heavy atom. The Bertz CT molecular complexity index is 531. The van der Waals surface area contributed by atoms with E-state index in [-0.39, 0.29) is 5.97 Å². The van der Waals surface area contributed by atoms with Crippen LogP contribution < -0.4 is 5.73 Å². The summed E-state index contributed by atoms with van der Waals surface area (Å²) in [5.41, 5.74) is 7.72. The third-order valence-electron chi connectivity index (χ3n) is 2.60. The van der Waals surface area contributed by atoms with E-state index >= 15 is 0 Å². The maximum Gasteiger partial charge on any atom is 0.354 e. The Morgan fingerprint density at radius 2 is 2.24 bits per heavy atom. The summed E-state index contributed by atoms with van der Waals surface area (Å²) < 4.78 is 5.13. The van der Waals surface area contributed by atoms with Crippen molar-refractivity contribution in [3.05, 3.63) is 30.0 Å². The molecular formula is C13H16N2O2. The molecule has 0 aliphatic heterocycles. The van der Waals surface area contributed by atoms with Crippen LogP contribution in [0.15, 0.2) is 24.3 Å². The van der Waals surface area contributed by atoms with Crippen LogP contribution >= 0.6 is 0 Å². The van der Waals surface area contributed by atoms with Gasteiger partial charge in [0.25, 0.3) is 0 Å². The minimum Gasteiger partial charge on any atom is -0.461 e. The average molecular weight is 232 g/mol. The van der Waals surface area contributed by atoms with Gasteiger partial charge in [-0.3, -0.25) is 0 Å². The molecule has 4 heteroatoms. The Kier molecular flexibility index (Phi) is 3.32. The summed E-state index contributed by atoms with van der Waals surface area (Å²) in [5.74, 6) is -0.312. The number of H-pyrrole nitrogens is 1. The number of aromatic nitrogens is 1. The molecule has 3 N–H and O–H groups in total. The lowest BCUT2D eigenvalue weighted by molar-refractivity contribution is 0.0494. The molecule has 17 heavy (non-hydrogen) atoms. The zero-order chi connectivity index (χ0) is 12.3. The predicted octanol–water partition coefficient (Wildman–Crippen LogP) is 2.71. The number of nitrogens with two attached hydrogens (primary N) is 1. The molecule has 0 saturated carbocycles. The largest absolute Gasteiger partial charge is 0.461 e. The van der Waals surface area contributed by atoms with E-state index in [2.05, 4.69) is 11.9 Å². The van der Waals surface area contributed by atoms with E-state index in [1.54, 1.807) is 12.1 Å². The summed E-state index contributed by atoms with van der Waals surface area (Å²) in [5, 5.41) is 0.924. The van der Waals surface area contributed by atoms with Crippen molar-refractivity contribution in [1.82, 2.24) is 4.98 Å². The molecule has 0 aliphatic carbocycles. The maximum atomic E-state index is 11.7. The molecule has 0 atom stereocenters. The second kappa shape index (κ2) is 4.91. The van der Waals surface area contributed by atoms with E-state index in [9.17, 15) is 4.79 Å². The molecule has 0 bridgehead atoms. The fourth-order valence-corrected chi connectivity index (χ4v) is 1.65. The van der Waals surface area contributed by atoms with Gasteiger partial charge < -0.3 is 15.5 Å². The number of hydrogen-bond acceptors (Lipinski definition) is 3. The summed E-state index contributed by atoms with van der Waals surface area (Å²) in [4.78, 5) is 14.7. The second-order valence-corrected chi connectivity index (χ2v) is 4.02. The molecule has 0 spiro atoms. The summed E-state index contributed by atoms with van der Waals surface area (Å²) in [6.45, 7) is 2.52. The van der Waals surface area contributed by atoms with Gasteiger partial charge >= 0.3 is 5.97 Å². The summed E-state index contributed by atoms with van der Waals surface area (Å²) in [6, 6.07) is 7.24. The van der Waals surface area contributed by atoms with Gasteiger partial charge in [0.2, 0.25) is 0 Å². The molecule has 1 aromatic heterocycles. The van der Waals surface area contributed by atoms with Crippen molar-refractivity contribution in [2.45, 2.75) is 19.8 Å². The molecule has 1 heterocycles. The maximum absolute atomic E-state index is 11.7. The first-order valence-electron chi connectivity index (χ1n) is 5.76. The first kappa shape index (κ1) is 11.5. The molecule has 0 unspecified atom stereocenters. The number of fused-ring (bicyclic) bond motifs is 1. The third kappa shape index (κ3) is 2.58. The highest BCUT2D eigenvalue weighted by molar-refractivity contribution is 5.95. The van der Waals surface area contributed by atoms with Crippen molar-refractivity contribution >= 4 is 22.6 Å². The standard InChI is InChI=1S/C13H16N2O2/c1-2-3-6-17-13(16)12-8-9-7-10(14)4-5-11(9)15-12/h4-5,7-8,15H,2-3,6,14H2,1H3. The fourth-order valence-electron chi connectivity index (χ4n) is 1.65. The number of carbonyl (C=O) groups excluding carboxylic acids is 1. The van der Waals surface area contributed by atoms with Crippen LogP contribution in [0.2, 0.25) is 0 Å². The van der Waals surface area contributed by atoms with Crippen LogP contribution in [-0.4, -0.2) is 17.6 Å². The molecule has 0 saturated heterocycles. The van der Waals surface area contributed by atoms with E-state index in [0.717, 1.165) is 23.7 Å². The van der Waals surface area contributed by atoms with E-state index in [4.69, 9.17) is 10.5 Å². The predicted molar refractivity (Wildman–Crippen MR) is 67.9 cm³/mol. The van der Waals surface area contributed by atoms with Gasteiger partial charge in [-0.2, -0.15) is 0 Å². The molecule has 2 aromatic rings. The van der Waals surface area contributed by atoms with Gasteiger partial charge in [-0.25, -0.2) is 4.79 Å². The Labute approximate surface area is 99.8 Å². The van der Waals surface area contributed by atoms with Crippen molar-refractivity contribution in [2.75, 3.05) is 12.3 Å². The lowest BCUT2D eigenvalue weighted by Crippen LogP contribution is -2.06. The van der Waals surface area contributed by atoms with E-state index in [0.29, 0.717) is 18.0 Å². The molecule has 1 aromatic carbocycles. The van der Waals surface area contributed by atoms with E-state index < -0.39 is 0 Å². The van der Waals surface area contributed by atoms with Gasteiger partial charge in [0.05, 0.1) is 6.61 Å². The Morgan fingerprint density at radius 3 is 3.00 bits per heavy atom. The Hall–Kier alpha value is -1.97. The summed E-state index contributed by atoms with van der Waals surface area (Å²) in [6.07, 6.45) is 1.90. The molecule has 0 fully saturated rings. The second-order valence-electron chi connectivity index (χ2n) is 4.02. The first-order chi connectivity index (χ1) is 8.20. The average Bonchev–Trinajstić information content (AvgIpc) is 2.72. The number of aromatic amines is 1. The number of nitrogen functional groups attached to an aromatic ring is 1. The molecule has 0 radical (unpaired) electrons. The summed E-state index contributed by atoms with van der Waals surface area (Å²) in [7, 11) is 0. The quantitative estimate of drug-likeness (QED) is 0.484. The van der Waals surface area contributed by atoms with Gasteiger partial charge in [-0.1, -0.05) is 13.3 Å². The minimum absolute atomic E-state index is 0.312. The van der Waals surface area contributed by atoms with Crippen LogP contribution in [0.25, 0.3) is 10.9 Å². The Balaban J connectivity index is 2.15. The third-order valence-corrected chi connectivity index (χ3v) is 2.60. The highest BCUT2D eigenvalue weighted by atomic mass is 16.5. The van der Waals surface area contributed by atoms with Crippen LogP contribution in [0, 0.1) is 0 Å². The van der Waals surface area contributed by atoms with E-state index in [1.165, 1.54) is 0 Å². The minimum atomic E-state index is -0.312. The van der Waals surface area contributed by atoms with Gasteiger partial charge in [0.1, 0.15) is 5.69 Å². The monoisotopic (exact) mass is 232 g/mol. The van der Waals surface area contributed by atoms with Crippen LogP contribution in [0.3, 0.4) is 0 Å². The lowest BCUT2D eigenvalue weighted by Gasteiger charge is -2.00. The first-order valence-corrected chi connectivity index (χ1v) is 5.76. The smallest absolute Gasteiger partial charge is 0.354 e. The number of unbranched alkanes of at least 4 members (excludes halogenated alkanes) is 1. The van der Waals surface area contributed by atoms with E-state index in [1.807, 2.05) is 12.1 Å². The van der Waals surface area contributed by atoms with Gasteiger partial charge in [0.15, 0.2) is 0 Å². The number of rotatable bonds is 4. The normalized spacial score (nSPS) is 10.6. The van der Waals surface area contributed by atoms with Crippen molar-refractivity contribution in [1.29, 1.82) is 0 Å². The van der Waals surface area contributed by atoms with Crippen LogP contribution in [0.5, 0.6) is 0 Å². The van der Waals surface area contributed by atoms with Crippen LogP contribution in [-0.2, 0) is 4.74 Å².